The summed E-state index contributed by atoms with van der Waals surface area (Å²) in [5.74, 6) is 1.03. The standard InChI is InChI=1S/C15H26O2/c1-11(2)13-7-5-12(3)6-8-14(16)15(4,17)10-9-13/h6,9-11,13-14,16-17H,5,7-8H2,1-4H3/b10-9+,12-6+/t13-,14+,15-/m1/s1. The van der Waals surface area contributed by atoms with Crippen LogP contribution in [0.15, 0.2) is 23.8 Å². The molecule has 98 valence electrons. The zero-order valence-corrected chi connectivity index (χ0v) is 11.5. The molecule has 2 N–H and O–H groups in total. The molecule has 0 saturated heterocycles. The highest BCUT2D eigenvalue weighted by atomic mass is 16.3. The topological polar surface area (TPSA) is 40.5 Å². The third kappa shape index (κ3) is 4.29. The van der Waals surface area contributed by atoms with Gasteiger partial charge in [-0.25, -0.2) is 0 Å². The Morgan fingerprint density at radius 1 is 1.41 bits per heavy atom. The van der Waals surface area contributed by atoms with Gasteiger partial charge in [0.15, 0.2) is 0 Å². The van der Waals surface area contributed by atoms with E-state index in [0.717, 1.165) is 12.8 Å². The van der Waals surface area contributed by atoms with Crippen molar-refractivity contribution >= 4 is 0 Å². The van der Waals surface area contributed by atoms with E-state index in [2.05, 4.69) is 32.9 Å². The molecule has 17 heavy (non-hydrogen) atoms. The third-order valence-electron chi connectivity index (χ3n) is 3.77. The Morgan fingerprint density at radius 3 is 2.65 bits per heavy atom. The first-order valence-corrected chi connectivity index (χ1v) is 6.58. The zero-order chi connectivity index (χ0) is 13.1. The number of hydrogen-bond donors (Lipinski definition) is 2. The monoisotopic (exact) mass is 238 g/mol. The minimum atomic E-state index is -1.12. The van der Waals surface area contributed by atoms with Crippen molar-refractivity contribution in [3.63, 3.8) is 0 Å². The lowest BCUT2D eigenvalue weighted by Crippen LogP contribution is -2.37. The Labute approximate surface area is 105 Å². The van der Waals surface area contributed by atoms with E-state index in [1.54, 1.807) is 13.0 Å². The first-order chi connectivity index (χ1) is 7.83. The second kappa shape index (κ2) is 5.83. The van der Waals surface area contributed by atoms with Gasteiger partial charge in [0.1, 0.15) is 5.60 Å². The van der Waals surface area contributed by atoms with E-state index in [0.29, 0.717) is 18.3 Å². The van der Waals surface area contributed by atoms with Crippen LogP contribution < -0.4 is 0 Å². The Morgan fingerprint density at radius 2 is 2.06 bits per heavy atom. The summed E-state index contributed by atoms with van der Waals surface area (Å²) in [5, 5.41) is 20.1. The lowest BCUT2D eigenvalue weighted by atomic mass is 9.85. The van der Waals surface area contributed by atoms with E-state index >= 15 is 0 Å². The van der Waals surface area contributed by atoms with E-state index in [1.807, 2.05) is 0 Å². The maximum Gasteiger partial charge on any atom is 0.106 e. The molecule has 0 amide bonds. The van der Waals surface area contributed by atoms with Crippen LogP contribution >= 0.6 is 0 Å². The lowest BCUT2D eigenvalue weighted by molar-refractivity contribution is -0.0245. The number of aliphatic hydroxyl groups excluding tert-OH is 1. The summed E-state index contributed by atoms with van der Waals surface area (Å²) < 4.78 is 0. The molecule has 0 saturated carbocycles. The molecule has 1 aliphatic carbocycles. The van der Waals surface area contributed by atoms with Crippen molar-refractivity contribution in [1.29, 1.82) is 0 Å². The fraction of sp³-hybridized carbons (Fsp3) is 0.733. The van der Waals surface area contributed by atoms with Crippen LogP contribution in [0.1, 0.15) is 47.0 Å². The molecule has 3 atom stereocenters. The van der Waals surface area contributed by atoms with Crippen molar-refractivity contribution in [2.75, 3.05) is 0 Å². The van der Waals surface area contributed by atoms with Gasteiger partial charge in [0, 0.05) is 0 Å². The van der Waals surface area contributed by atoms with E-state index in [9.17, 15) is 10.2 Å². The first kappa shape index (κ1) is 14.5. The predicted molar refractivity (Wildman–Crippen MR) is 71.7 cm³/mol. The Hall–Kier alpha value is -0.600. The second-order valence-electron chi connectivity index (χ2n) is 5.83. The van der Waals surface area contributed by atoms with Crippen LogP contribution in [0.25, 0.3) is 0 Å². The minimum Gasteiger partial charge on any atom is -0.389 e. The van der Waals surface area contributed by atoms with Gasteiger partial charge >= 0.3 is 0 Å². The van der Waals surface area contributed by atoms with Crippen LogP contribution in [0.3, 0.4) is 0 Å². The smallest absolute Gasteiger partial charge is 0.106 e. The SMILES string of the molecule is C/C1=C\C[C@H](O)[C@](C)(O)/C=C/[C@H](C(C)C)CC1. The highest BCUT2D eigenvalue weighted by molar-refractivity contribution is 5.10. The van der Waals surface area contributed by atoms with E-state index in [-0.39, 0.29) is 0 Å². The third-order valence-corrected chi connectivity index (χ3v) is 3.77. The summed E-state index contributed by atoms with van der Waals surface area (Å²) in [6.07, 6.45) is 7.89. The van der Waals surface area contributed by atoms with Crippen molar-refractivity contribution in [3.05, 3.63) is 23.8 Å². The summed E-state index contributed by atoms with van der Waals surface area (Å²) in [6.45, 7) is 8.18. The van der Waals surface area contributed by atoms with E-state index in [1.165, 1.54) is 5.57 Å². The van der Waals surface area contributed by atoms with Gasteiger partial charge in [0.05, 0.1) is 6.10 Å². The fourth-order valence-electron chi connectivity index (χ4n) is 2.13. The summed E-state index contributed by atoms with van der Waals surface area (Å²) in [4.78, 5) is 0. The number of hydrogen-bond acceptors (Lipinski definition) is 2. The van der Waals surface area contributed by atoms with Gasteiger partial charge in [-0.1, -0.05) is 37.6 Å². The van der Waals surface area contributed by atoms with Crippen LogP contribution in [0.4, 0.5) is 0 Å². The van der Waals surface area contributed by atoms with Crippen LogP contribution in [-0.4, -0.2) is 21.9 Å². The molecule has 1 aliphatic rings. The molecule has 2 heteroatoms. The number of allylic oxidation sites excluding steroid dienone is 2. The molecule has 0 aromatic heterocycles. The van der Waals surface area contributed by atoms with Gasteiger partial charge in [-0.15, -0.1) is 0 Å². The molecule has 0 radical (unpaired) electrons. The van der Waals surface area contributed by atoms with Gasteiger partial charge in [0.25, 0.3) is 0 Å². The Kier molecular flexibility index (Phi) is 4.96. The average molecular weight is 238 g/mol. The molecule has 0 aromatic carbocycles. The number of rotatable bonds is 1. The van der Waals surface area contributed by atoms with Crippen LogP contribution in [-0.2, 0) is 0 Å². The normalized spacial score (nSPS) is 40.8. The molecule has 2 nitrogen and oxygen atoms in total. The number of aliphatic hydroxyl groups is 2. The molecule has 0 aliphatic heterocycles. The van der Waals surface area contributed by atoms with E-state index < -0.39 is 11.7 Å². The van der Waals surface area contributed by atoms with Crippen molar-refractivity contribution in [2.24, 2.45) is 11.8 Å². The summed E-state index contributed by atoms with van der Waals surface area (Å²) in [7, 11) is 0. The van der Waals surface area contributed by atoms with Gasteiger partial charge in [-0.2, -0.15) is 0 Å². The van der Waals surface area contributed by atoms with E-state index in [4.69, 9.17) is 0 Å². The van der Waals surface area contributed by atoms with Gasteiger partial charge in [0.2, 0.25) is 0 Å². The summed E-state index contributed by atoms with van der Waals surface area (Å²) in [5.41, 5.74) is 0.183. The molecule has 0 unspecified atom stereocenters. The molecule has 0 aromatic rings. The molecule has 1 rings (SSSR count). The quantitative estimate of drug-likeness (QED) is 0.689. The molecular formula is C15H26O2. The van der Waals surface area contributed by atoms with Gasteiger partial charge in [-0.05, 0) is 44.9 Å². The van der Waals surface area contributed by atoms with Gasteiger partial charge in [-0.3, -0.25) is 0 Å². The average Bonchev–Trinajstić information content (AvgIpc) is 2.24. The Bertz CT molecular complexity index is 300. The molecule has 0 bridgehead atoms. The van der Waals surface area contributed by atoms with Crippen LogP contribution in [0.5, 0.6) is 0 Å². The van der Waals surface area contributed by atoms with Crippen LogP contribution in [0, 0.1) is 11.8 Å². The van der Waals surface area contributed by atoms with Crippen LogP contribution in [0.2, 0.25) is 0 Å². The molecule has 0 spiro atoms. The first-order valence-electron chi connectivity index (χ1n) is 6.58. The van der Waals surface area contributed by atoms with Crippen molar-refractivity contribution in [3.8, 4) is 0 Å². The second-order valence-corrected chi connectivity index (χ2v) is 5.83. The summed E-state index contributed by atoms with van der Waals surface area (Å²) in [6, 6.07) is 0. The molecular weight excluding hydrogens is 212 g/mol. The highest BCUT2D eigenvalue weighted by Gasteiger charge is 2.27. The lowest BCUT2D eigenvalue weighted by Gasteiger charge is -2.28. The fourth-order valence-corrected chi connectivity index (χ4v) is 2.13. The van der Waals surface area contributed by atoms with Gasteiger partial charge < -0.3 is 10.2 Å². The predicted octanol–water partition coefficient (Wildman–Crippen LogP) is 3.06. The maximum absolute atomic E-state index is 10.2. The largest absolute Gasteiger partial charge is 0.389 e. The maximum atomic E-state index is 10.2. The minimum absolute atomic E-state index is 0.468. The molecule has 0 fully saturated rings. The zero-order valence-electron chi connectivity index (χ0n) is 11.5. The van der Waals surface area contributed by atoms with Crippen molar-refractivity contribution in [1.82, 2.24) is 0 Å². The Balaban J connectivity index is 2.91. The van der Waals surface area contributed by atoms with Crippen molar-refractivity contribution in [2.45, 2.75) is 58.7 Å². The molecule has 0 heterocycles. The highest BCUT2D eigenvalue weighted by Crippen LogP contribution is 2.26. The van der Waals surface area contributed by atoms with Crippen molar-refractivity contribution < 1.29 is 10.2 Å². The summed E-state index contributed by atoms with van der Waals surface area (Å²) >= 11 is 0.